The van der Waals surface area contributed by atoms with Crippen molar-refractivity contribution < 1.29 is 66.9 Å². The number of allylic oxidation sites excluding steroid dienone is 1. The van der Waals surface area contributed by atoms with Gasteiger partial charge < -0.3 is 73.3 Å². The molecule has 0 unspecified atom stereocenters. The SMILES string of the molecule is NCCCC[C@@H]1NC(=O)CCSCc2cccc(c2)CSCCNC(=O)[C@@H]2CCCN2C(=O)[C@H](Cc2ccc(O)cc2)NC(=O)[C@H](Cc2c[nH]cn2)NC(=O)[C@H](CC(=O)O)NC(=O)[C@H](Cc2c[nH]c3ccc(F)cc23)NC(=O)[C@H](CC2=CCc3ccc(F)cc32)NC(=O)CNC1=O. The maximum absolute atomic E-state index is 15.0. The van der Waals surface area contributed by atoms with Gasteiger partial charge in [-0.25, -0.2) is 13.8 Å². The summed E-state index contributed by atoms with van der Waals surface area (Å²) in [5.41, 5.74) is 10.9. The monoisotopic (exact) mass is 1370 g/mol. The highest BCUT2D eigenvalue weighted by Crippen LogP contribution is 2.32. The van der Waals surface area contributed by atoms with Crippen molar-refractivity contribution in [1.82, 2.24) is 62.4 Å². The fourth-order valence-electron chi connectivity index (χ4n) is 11.9. The van der Waals surface area contributed by atoms with Crippen LogP contribution in [0.4, 0.5) is 8.78 Å². The van der Waals surface area contributed by atoms with Crippen LogP contribution in [0.5, 0.6) is 5.75 Å². The van der Waals surface area contributed by atoms with Gasteiger partial charge in [0.25, 0.3) is 0 Å². The number of H-pyrrole nitrogens is 2. The van der Waals surface area contributed by atoms with Gasteiger partial charge in [-0.3, -0.25) is 47.9 Å². The van der Waals surface area contributed by atoms with E-state index in [-0.39, 0.29) is 67.6 Å². The van der Waals surface area contributed by atoms with E-state index in [4.69, 9.17) is 5.73 Å². The van der Waals surface area contributed by atoms with Crippen LogP contribution in [-0.2, 0) is 85.1 Å². The highest BCUT2D eigenvalue weighted by Gasteiger charge is 2.40. The first-order valence-corrected chi connectivity index (χ1v) is 34.4. The number of carbonyl (C=O) groups excluding carboxylic acids is 9. The van der Waals surface area contributed by atoms with E-state index in [1.54, 1.807) is 36.0 Å². The molecule has 2 aromatic heterocycles. The minimum Gasteiger partial charge on any atom is -0.508 e. The van der Waals surface area contributed by atoms with Gasteiger partial charge in [0, 0.05) is 91.5 Å². The minimum atomic E-state index is -2.00. The molecule has 514 valence electrons. The number of phenols is 1. The summed E-state index contributed by atoms with van der Waals surface area (Å²) >= 11 is 3.11. The van der Waals surface area contributed by atoms with Crippen LogP contribution in [0.15, 0.2) is 110 Å². The van der Waals surface area contributed by atoms with Gasteiger partial charge in [-0.15, -0.1) is 0 Å². The first-order chi connectivity index (χ1) is 46.8. The number of nitrogens with two attached hydrogens (primary N) is 1. The van der Waals surface area contributed by atoms with Crippen LogP contribution in [0.1, 0.15) is 90.4 Å². The molecule has 0 spiro atoms. The number of aromatic amines is 2. The highest BCUT2D eigenvalue weighted by molar-refractivity contribution is 7.98. The number of carbonyl (C=O) groups is 10. The number of nitrogens with zero attached hydrogens (tertiary/aromatic N) is 2. The third-order valence-electron chi connectivity index (χ3n) is 16.9. The number of carboxylic acids is 1. The van der Waals surface area contributed by atoms with Crippen LogP contribution in [0.2, 0.25) is 0 Å². The second kappa shape index (κ2) is 34.9. The Morgan fingerprint density at radius 3 is 2.05 bits per heavy atom. The maximum atomic E-state index is 15.0. The van der Waals surface area contributed by atoms with E-state index in [1.165, 1.54) is 77.8 Å². The third-order valence-corrected chi connectivity index (χ3v) is 18.9. The second-order valence-electron chi connectivity index (χ2n) is 24.0. The number of aromatic hydroxyl groups is 1. The van der Waals surface area contributed by atoms with E-state index < -0.39 is 132 Å². The largest absolute Gasteiger partial charge is 0.508 e. The molecule has 6 aromatic rings. The van der Waals surface area contributed by atoms with Gasteiger partial charge in [0.1, 0.15) is 59.7 Å². The zero-order chi connectivity index (χ0) is 69.0. The zero-order valence-corrected chi connectivity index (χ0v) is 54.7. The van der Waals surface area contributed by atoms with Crippen molar-refractivity contribution in [3.05, 3.63) is 160 Å². The van der Waals surface area contributed by atoms with Crippen molar-refractivity contribution in [2.75, 3.05) is 37.7 Å². The summed E-state index contributed by atoms with van der Waals surface area (Å²) in [6.45, 7) is 0.0516. The fourth-order valence-corrected chi connectivity index (χ4v) is 13.6. The summed E-state index contributed by atoms with van der Waals surface area (Å²) in [6, 6.07) is 11.5. The zero-order valence-electron chi connectivity index (χ0n) is 53.1. The number of rotatable bonds is 14. The van der Waals surface area contributed by atoms with Gasteiger partial charge >= 0.3 is 5.97 Å². The Balaban J connectivity index is 1.03. The molecule has 0 radical (unpaired) electrons. The van der Waals surface area contributed by atoms with Crippen molar-refractivity contribution in [2.24, 2.45) is 5.73 Å². The van der Waals surface area contributed by atoms with Crippen molar-refractivity contribution in [3.63, 3.8) is 0 Å². The Morgan fingerprint density at radius 1 is 0.660 bits per heavy atom. The van der Waals surface area contributed by atoms with Crippen LogP contribution in [0, 0.1) is 11.6 Å². The molecule has 2 bridgehead atoms. The second-order valence-corrected chi connectivity index (χ2v) is 26.2. The molecule has 4 aromatic carbocycles. The topological polar surface area (TPSA) is 381 Å². The molecule has 97 heavy (non-hydrogen) atoms. The number of carboxylic acid groups (broad SMARTS) is 1. The highest BCUT2D eigenvalue weighted by atomic mass is 32.2. The smallest absolute Gasteiger partial charge is 0.305 e. The van der Waals surface area contributed by atoms with E-state index in [9.17, 15) is 57.4 Å². The lowest BCUT2D eigenvalue weighted by Gasteiger charge is -2.30. The number of hydrogen-bond donors (Lipinski definition) is 13. The lowest BCUT2D eigenvalue weighted by Crippen LogP contribution is -2.61. The van der Waals surface area contributed by atoms with Gasteiger partial charge in [-0.05, 0) is 126 Å². The molecule has 1 fully saturated rings. The van der Waals surface area contributed by atoms with Gasteiger partial charge in [-0.2, -0.15) is 23.5 Å². The van der Waals surface area contributed by atoms with Crippen molar-refractivity contribution >= 4 is 99.1 Å². The van der Waals surface area contributed by atoms with Gasteiger partial charge in [-0.1, -0.05) is 48.5 Å². The molecule has 9 amide bonds. The number of fused-ring (bicyclic) bond motifs is 5. The number of halogens is 2. The number of phenolic OH excluding ortho intramolecular Hbond substituents is 1. The molecule has 14 N–H and O–H groups in total. The average molecular weight is 1370 g/mol. The lowest BCUT2D eigenvalue weighted by atomic mass is 9.98. The normalized spacial score (nSPS) is 22.1. The summed E-state index contributed by atoms with van der Waals surface area (Å²) < 4.78 is 29.8. The number of hydrogen-bond acceptors (Lipinski definition) is 15. The molecule has 0 saturated carbocycles. The fraction of sp³-hybridized carbons (Fsp3) is 0.397. The summed E-state index contributed by atoms with van der Waals surface area (Å²) in [5.74, 6) is -8.10. The number of aliphatic carboxylic acids is 1. The molecular weight excluding hydrogens is 1290 g/mol. The van der Waals surface area contributed by atoms with Crippen molar-refractivity contribution in [1.29, 1.82) is 0 Å². The number of unbranched alkanes of at least 4 members (excludes halogenated alkanes) is 1. The number of thioether (sulfide) groups is 2. The molecule has 25 nitrogen and oxygen atoms in total. The Bertz CT molecular complexity index is 3860. The summed E-state index contributed by atoms with van der Waals surface area (Å²) in [5, 5.41) is 42.1. The van der Waals surface area contributed by atoms with Crippen LogP contribution in [-0.4, -0.2) is 169 Å². The first-order valence-electron chi connectivity index (χ1n) is 32.1. The third kappa shape index (κ3) is 20.7. The molecular formula is C68H79F2N13O12S2. The van der Waals surface area contributed by atoms with E-state index in [2.05, 4.69) is 63.6 Å². The standard InChI is InChI=1S/C68H79F2N13O12S2/c69-45-14-13-42-11-12-43(49(42)29-45)27-53-63(90)79-54(28-44-33-74-51-18-15-46(70)30-50(44)51)64(91)81-56(32-61(87)88)66(93)80-55(31-47-34-72-38-76-47)65(92)82-57(26-39-9-16-48(84)17-10-39)68(95)83-22-4-8-58(83)67(94)73-21-24-97-37-41-6-3-5-40(25-41)36-96-23-19-59(85)77-52(7-1-2-20-71)62(89)75-35-60(86)78-53/h3,5-6,9-10,12-18,25,29-30,33-34,38,52-58,74,84H,1-2,4,7-8,11,19-24,26-28,31-32,35-37,71H2,(H,72,76)(H,73,94)(H,75,89)(H,77,85)(H,78,86)(H,79,90)(H,80,93)(H,81,91)(H,82,92)(H,87,88)/t52-,53-,54-,55-,56-,57-,58-/m0/s1. The molecule has 9 rings (SSSR count). The van der Waals surface area contributed by atoms with E-state index in [0.717, 1.165) is 11.1 Å². The Morgan fingerprint density at radius 2 is 1.33 bits per heavy atom. The van der Waals surface area contributed by atoms with Crippen LogP contribution >= 0.6 is 23.5 Å². The number of nitrogens with one attached hydrogen (secondary N) is 10. The Labute approximate surface area is 566 Å². The summed E-state index contributed by atoms with van der Waals surface area (Å²) in [4.78, 5) is 154. The van der Waals surface area contributed by atoms with E-state index in [0.29, 0.717) is 89.4 Å². The number of amides is 9. The molecule has 1 saturated heterocycles. The van der Waals surface area contributed by atoms with Crippen LogP contribution < -0.4 is 48.3 Å². The first kappa shape index (κ1) is 71.7. The summed E-state index contributed by atoms with van der Waals surface area (Å²) in [6.07, 6.45) is 5.96. The molecule has 3 aliphatic rings. The summed E-state index contributed by atoms with van der Waals surface area (Å²) in [7, 11) is 0. The van der Waals surface area contributed by atoms with E-state index >= 15 is 9.59 Å². The predicted molar refractivity (Wildman–Crippen MR) is 360 cm³/mol. The Hall–Kier alpha value is -9.61. The molecule has 1 aliphatic carbocycles. The molecule has 29 heteroatoms. The predicted octanol–water partition coefficient (Wildman–Crippen LogP) is 3.24. The van der Waals surface area contributed by atoms with Crippen molar-refractivity contribution in [3.8, 4) is 5.75 Å². The van der Waals surface area contributed by atoms with Gasteiger partial charge in [0.05, 0.1) is 25.0 Å². The van der Waals surface area contributed by atoms with Crippen LogP contribution in [0.25, 0.3) is 16.5 Å². The van der Waals surface area contributed by atoms with Crippen molar-refractivity contribution in [2.45, 2.75) is 131 Å². The lowest BCUT2D eigenvalue weighted by molar-refractivity contribution is -0.142. The Kier molecular flexibility index (Phi) is 25.8. The van der Waals surface area contributed by atoms with Gasteiger partial charge in [0.15, 0.2) is 0 Å². The molecule has 4 heterocycles. The molecule has 2 aliphatic heterocycles. The average Bonchev–Trinajstić information content (AvgIpc) is 1.89. The minimum absolute atomic E-state index is 0.0627. The van der Waals surface area contributed by atoms with Gasteiger partial charge in [0.2, 0.25) is 53.2 Å². The number of aromatic nitrogens is 3. The number of imidazole rings is 1. The maximum Gasteiger partial charge on any atom is 0.305 e. The van der Waals surface area contributed by atoms with E-state index in [1.807, 2.05) is 18.2 Å². The van der Waals surface area contributed by atoms with Crippen LogP contribution in [0.3, 0.4) is 0 Å². The number of benzene rings is 4. The quantitative estimate of drug-likeness (QED) is 0.0696. The molecule has 7 atom stereocenters.